The molecule has 0 spiro atoms. The standard InChI is InChI=1S/C25H34FN3O4/c1-2-3-4-5-6-7-8-9-10-21(30)27-15-17-11-12-18-19(23(17)26)16-29(25(18)33)20-13-14-22(31)28-24(20)32/h11-12,20H,2-10,13-16H2,1H3,(H,27,30)(H,28,31,32). The van der Waals surface area contributed by atoms with Crippen LogP contribution in [0.1, 0.15) is 99.0 Å². The lowest BCUT2D eigenvalue weighted by Crippen LogP contribution is -2.52. The average molecular weight is 460 g/mol. The zero-order valence-corrected chi connectivity index (χ0v) is 19.4. The summed E-state index contributed by atoms with van der Waals surface area (Å²) in [6.45, 7) is 2.23. The van der Waals surface area contributed by atoms with Crippen molar-refractivity contribution >= 4 is 23.6 Å². The second kappa shape index (κ2) is 11.9. The topological polar surface area (TPSA) is 95.6 Å². The Morgan fingerprint density at radius 1 is 1.09 bits per heavy atom. The maximum absolute atomic E-state index is 15.1. The molecule has 0 saturated carbocycles. The molecular formula is C25H34FN3O4. The highest BCUT2D eigenvalue weighted by molar-refractivity contribution is 6.05. The average Bonchev–Trinajstić information content (AvgIpc) is 3.12. The van der Waals surface area contributed by atoms with E-state index in [4.69, 9.17) is 0 Å². The molecule has 0 bridgehead atoms. The summed E-state index contributed by atoms with van der Waals surface area (Å²) in [6.07, 6.45) is 10.0. The van der Waals surface area contributed by atoms with Gasteiger partial charge >= 0.3 is 0 Å². The van der Waals surface area contributed by atoms with Gasteiger partial charge in [-0.15, -0.1) is 0 Å². The predicted octanol–water partition coefficient (Wildman–Crippen LogP) is 3.73. The molecule has 1 saturated heterocycles. The zero-order valence-electron chi connectivity index (χ0n) is 19.4. The first-order valence-corrected chi connectivity index (χ1v) is 12.1. The SMILES string of the molecule is CCCCCCCCCCC(=O)NCc1ccc2c(c1F)CN(C1CCC(=O)NC1=O)C2=O. The molecule has 0 radical (unpaired) electrons. The van der Waals surface area contributed by atoms with E-state index >= 15 is 4.39 Å². The molecular weight excluding hydrogens is 425 g/mol. The van der Waals surface area contributed by atoms with Crippen molar-refractivity contribution in [3.05, 3.63) is 34.6 Å². The molecule has 2 heterocycles. The second-order valence-corrected chi connectivity index (χ2v) is 8.97. The first kappa shape index (κ1) is 24.9. The third-order valence-electron chi connectivity index (χ3n) is 6.46. The number of unbranched alkanes of at least 4 members (excludes halogenated alkanes) is 7. The Bertz CT molecular complexity index is 902. The molecule has 0 aliphatic carbocycles. The fourth-order valence-corrected chi connectivity index (χ4v) is 4.49. The molecule has 7 nitrogen and oxygen atoms in total. The van der Waals surface area contributed by atoms with Crippen LogP contribution in [0, 0.1) is 5.82 Å². The van der Waals surface area contributed by atoms with Crippen molar-refractivity contribution in [1.29, 1.82) is 0 Å². The van der Waals surface area contributed by atoms with Crippen LogP contribution in [0.5, 0.6) is 0 Å². The first-order valence-electron chi connectivity index (χ1n) is 12.1. The van der Waals surface area contributed by atoms with Crippen LogP contribution in [-0.2, 0) is 27.5 Å². The number of carbonyl (C=O) groups excluding carboxylic acids is 4. The Morgan fingerprint density at radius 2 is 1.79 bits per heavy atom. The van der Waals surface area contributed by atoms with Crippen molar-refractivity contribution in [1.82, 2.24) is 15.5 Å². The summed E-state index contributed by atoms with van der Waals surface area (Å²) < 4.78 is 15.1. The molecule has 1 aromatic rings. The lowest BCUT2D eigenvalue weighted by atomic mass is 10.0. The van der Waals surface area contributed by atoms with E-state index in [1.807, 2.05) is 0 Å². The van der Waals surface area contributed by atoms with Crippen molar-refractivity contribution in [2.24, 2.45) is 0 Å². The van der Waals surface area contributed by atoms with Gasteiger partial charge < -0.3 is 10.2 Å². The van der Waals surface area contributed by atoms with Gasteiger partial charge in [-0.05, 0) is 18.9 Å². The van der Waals surface area contributed by atoms with Crippen LogP contribution in [0.15, 0.2) is 12.1 Å². The van der Waals surface area contributed by atoms with Gasteiger partial charge in [-0.2, -0.15) is 0 Å². The summed E-state index contributed by atoms with van der Waals surface area (Å²) in [6, 6.07) is 2.28. The molecule has 1 fully saturated rings. The molecule has 2 aliphatic heterocycles. The van der Waals surface area contributed by atoms with E-state index in [2.05, 4.69) is 17.6 Å². The van der Waals surface area contributed by atoms with Crippen LogP contribution in [0.3, 0.4) is 0 Å². The molecule has 1 aromatic carbocycles. The molecule has 180 valence electrons. The van der Waals surface area contributed by atoms with Crippen molar-refractivity contribution in [2.75, 3.05) is 0 Å². The maximum Gasteiger partial charge on any atom is 0.255 e. The van der Waals surface area contributed by atoms with Gasteiger partial charge in [0.25, 0.3) is 5.91 Å². The maximum atomic E-state index is 15.1. The number of imide groups is 1. The summed E-state index contributed by atoms with van der Waals surface area (Å²) in [7, 11) is 0. The van der Waals surface area contributed by atoms with Gasteiger partial charge in [0.2, 0.25) is 17.7 Å². The van der Waals surface area contributed by atoms with Crippen LogP contribution >= 0.6 is 0 Å². The predicted molar refractivity (Wildman–Crippen MR) is 122 cm³/mol. The van der Waals surface area contributed by atoms with Crippen LogP contribution in [-0.4, -0.2) is 34.6 Å². The third-order valence-corrected chi connectivity index (χ3v) is 6.46. The van der Waals surface area contributed by atoms with Crippen LogP contribution in [0.4, 0.5) is 4.39 Å². The molecule has 4 amide bonds. The third kappa shape index (κ3) is 6.39. The number of hydrogen-bond donors (Lipinski definition) is 2. The van der Waals surface area contributed by atoms with E-state index in [0.29, 0.717) is 12.0 Å². The number of nitrogens with one attached hydrogen (secondary N) is 2. The highest BCUT2D eigenvalue weighted by atomic mass is 19.1. The fourth-order valence-electron chi connectivity index (χ4n) is 4.49. The zero-order chi connectivity index (χ0) is 23.8. The molecule has 2 aliphatic rings. The molecule has 33 heavy (non-hydrogen) atoms. The smallest absolute Gasteiger partial charge is 0.255 e. The Morgan fingerprint density at radius 3 is 2.48 bits per heavy atom. The lowest BCUT2D eigenvalue weighted by Gasteiger charge is -2.29. The number of amides is 4. The van der Waals surface area contributed by atoms with Crippen molar-refractivity contribution in [3.8, 4) is 0 Å². The minimum atomic E-state index is -0.781. The van der Waals surface area contributed by atoms with Crippen LogP contribution in [0.25, 0.3) is 0 Å². The van der Waals surface area contributed by atoms with Gasteiger partial charge in [-0.25, -0.2) is 4.39 Å². The van der Waals surface area contributed by atoms with E-state index in [9.17, 15) is 19.2 Å². The highest BCUT2D eigenvalue weighted by Crippen LogP contribution is 2.30. The molecule has 0 aromatic heterocycles. The Labute approximate surface area is 194 Å². The minimum absolute atomic E-state index is 0.0215. The van der Waals surface area contributed by atoms with Gasteiger partial charge in [-0.3, -0.25) is 24.5 Å². The molecule has 3 rings (SSSR count). The number of halogens is 1. The van der Waals surface area contributed by atoms with E-state index in [0.717, 1.165) is 19.3 Å². The number of benzene rings is 1. The van der Waals surface area contributed by atoms with Gasteiger partial charge in [0.1, 0.15) is 11.9 Å². The fraction of sp³-hybridized carbons (Fsp3) is 0.600. The minimum Gasteiger partial charge on any atom is -0.352 e. The van der Waals surface area contributed by atoms with Gasteiger partial charge in [0, 0.05) is 36.1 Å². The van der Waals surface area contributed by atoms with Crippen molar-refractivity contribution in [3.63, 3.8) is 0 Å². The Balaban J connectivity index is 1.46. The quantitative estimate of drug-likeness (QED) is 0.368. The van der Waals surface area contributed by atoms with E-state index in [-0.39, 0.29) is 48.9 Å². The second-order valence-electron chi connectivity index (χ2n) is 8.97. The Kier molecular flexibility index (Phi) is 8.97. The molecule has 8 heteroatoms. The normalized spacial score (nSPS) is 17.8. The van der Waals surface area contributed by atoms with Crippen LogP contribution in [0.2, 0.25) is 0 Å². The summed E-state index contributed by atoms with van der Waals surface area (Å²) in [5.41, 5.74) is 0.779. The first-order chi connectivity index (χ1) is 15.9. The summed E-state index contributed by atoms with van der Waals surface area (Å²) in [5, 5.41) is 5.00. The van der Waals surface area contributed by atoms with Gasteiger partial charge in [-0.1, -0.05) is 57.9 Å². The monoisotopic (exact) mass is 459 g/mol. The number of piperidine rings is 1. The highest BCUT2D eigenvalue weighted by Gasteiger charge is 2.40. The van der Waals surface area contributed by atoms with Crippen molar-refractivity contribution in [2.45, 2.75) is 96.7 Å². The van der Waals surface area contributed by atoms with Crippen molar-refractivity contribution < 1.29 is 23.6 Å². The largest absolute Gasteiger partial charge is 0.352 e. The molecule has 2 N–H and O–H groups in total. The summed E-state index contributed by atoms with van der Waals surface area (Å²) in [4.78, 5) is 49.7. The van der Waals surface area contributed by atoms with E-state index in [1.54, 1.807) is 6.07 Å². The number of fused-ring (bicyclic) bond motifs is 1. The van der Waals surface area contributed by atoms with Gasteiger partial charge in [0.15, 0.2) is 0 Å². The van der Waals surface area contributed by atoms with Gasteiger partial charge in [0.05, 0.1) is 6.54 Å². The molecule has 1 atom stereocenters. The summed E-state index contributed by atoms with van der Waals surface area (Å²) >= 11 is 0. The number of hydrogen-bond acceptors (Lipinski definition) is 4. The number of rotatable bonds is 12. The van der Waals surface area contributed by atoms with E-state index in [1.165, 1.54) is 43.1 Å². The summed E-state index contributed by atoms with van der Waals surface area (Å²) in [5.74, 6) is -1.94. The Hall–Kier alpha value is -2.77. The van der Waals surface area contributed by atoms with Crippen LogP contribution < -0.4 is 10.6 Å². The lowest BCUT2D eigenvalue weighted by molar-refractivity contribution is -0.137. The number of nitrogens with zero attached hydrogens (tertiary/aromatic N) is 1. The van der Waals surface area contributed by atoms with E-state index < -0.39 is 23.7 Å². The molecule has 1 unspecified atom stereocenters. The number of carbonyl (C=O) groups is 4.